The summed E-state index contributed by atoms with van der Waals surface area (Å²) in [6.07, 6.45) is 0. The van der Waals surface area contributed by atoms with Crippen LogP contribution in [0.3, 0.4) is 0 Å². The van der Waals surface area contributed by atoms with Gasteiger partial charge in [0, 0.05) is 10.6 Å². The van der Waals surface area contributed by atoms with Crippen LogP contribution in [0.25, 0.3) is 16.8 Å². The highest BCUT2D eigenvalue weighted by atomic mass is 35.5. The SMILES string of the molecule is Cc1nn(-c2cccc(Cl)c2)c(NC(=O)c2ccccc2)c(-c2ccccc2)c1=O. The van der Waals surface area contributed by atoms with Crippen molar-refractivity contribution in [2.75, 3.05) is 5.32 Å². The standard InChI is InChI=1S/C24H18ClN3O2/c1-16-22(29)21(17-9-4-2-5-10-17)23(26-24(30)18-11-6-3-7-12-18)28(27-16)20-14-8-13-19(25)15-20/h2-15H,1H3,(H,26,30). The minimum Gasteiger partial charge on any atom is -0.306 e. The topological polar surface area (TPSA) is 64.0 Å². The summed E-state index contributed by atoms with van der Waals surface area (Å²) in [4.78, 5) is 26.1. The molecular weight excluding hydrogens is 398 g/mol. The maximum absolute atomic E-state index is 13.1. The number of aryl methyl sites for hydroxylation is 1. The summed E-state index contributed by atoms with van der Waals surface area (Å²) in [5.74, 6) is -0.0541. The van der Waals surface area contributed by atoms with E-state index in [4.69, 9.17) is 11.6 Å². The van der Waals surface area contributed by atoms with Crippen LogP contribution in [0.1, 0.15) is 16.1 Å². The molecule has 0 bridgehead atoms. The average Bonchev–Trinajstić information content (AvgIpc) is 2.77. The minimum atomic E-state index is -0.339. The summed E-state index contributed by atoms with van der Waals surface area (Å²) in [6, 6.07) is 25.1. The van der Waals surface area contributed by atoms with Gasteiger partial charge in [-0.2, -0.15) is 5.10 Å². The van der Waals surface area contributed by atoms with Crippen molar-refractivity contribution < 1.29 is 4.79 Å². The molecule has 1 N–H and O–H groups in total. The minimum absolute atomic E-state index is 0.247. The second-order valence-electron chi connectivity index (χ2n) is 6.72. The number of aromatic nitrogens is 2. The van der Waals surface area contributed by atoms with Crippen molar-refractivity contribution in [1.82, 2.24) is 9.78 Å². The van der Waals surface area contributed by atoms with Crippen molar-refractivity contribution >= 4 is 23.3 Å². The van der Waals surface area contributed by atoms with Crippen molar-refractivity contribution in [3.05, 3.63) is 111 Å². The molecule has 6 heteroatoms. The first-order chi connectivity index (χ1) is 14.5. The van der Waals surface area contributed by atoms with Crippen LogP contribution in [0.2, 0.25) is 5.02 Å². The molecule has 148 valence electrons. The summed E-state index contributed by atoms with van der Waals surface area (Å²) in [5.41, 5.74) is 2.22. The molecule has 0 saturated carbocycles. The van der Waals surface area contributed by atoms with Gasteiger partial charge >= 0.3 is 0 Å². The number of carbonyl (C=O) groups excluding carboxylic acids is 1. The third-order valence-electron chi connectivity index (χ3n) is 4.64. The van der Waals surface area contributed by atoms with E-state index >= 15 is 0 Å². The van der Waals surface area contributed by atoms with Crippen molar-refractivity contribution in [2.24, 2.45) is 0 Å². The van der Waals surface area contributed by atoms with E-state index in [1.807, 2.05) is 42.5 Å². The van der Waals surface area contributed by atoms with Gasteiger partial charge in [0.2, 0.25) is 5.43 Å². The van der Waals surface area contributed by atoms with Gasteiger partial charge in [0.05, 0.1) is 11.3 Å². The highest BCUT2D eigenvalue weighted by molar-refractivity contribution is 6.30. The maximum atomic E-state index is 13.1. The largest absolute Gasteiger partial charge is 0.306 e. The van der Waals surface area contributed by atoms with Crippen LogP contribution >= 0.6 is 11.6 Å². The molecule has 0 radical (unpaired) electrons. The van der Waals surface area contributed by atoms with Gasteiger partial charge < -0.3 is 5.32 Å². The normalized spacial score (nSPS) is 10.6. The Morgan fingerprint density at radius 1 is 0.933 bits per heavy atom. The number of benzene rings is 3. The number of anilines is 1. The molecule has 3 aromatic carbocycles. The Balaban J connectivity index is 1.97. The van der Waals surface area contributed by atoms with E-state index in [-0.39, 0.29) is 17.2 Å². The summed E-state index contributed by atoms with van der Waals surface area (Å²) >= 11 is 6.19. The number of hydrogen-bond donors (Lipinski definition) is 1. The molecule has 4 aromatic rings. The monoisotopic (exact) mass is 415 g/mol. The Morgan fingerprint density at radius 3 is 2.27 bits per heavy atom. The van der Waals surface area contributed by atoms with Crippen LogP contribution in [-0.4, -0.2) is 15.7 Å². The summed E-state index contributed by atoms with van der Waals surface area (Å²) < 4.78 is 1.55. The number of rotatable bonds is 4. The fourth-order valence-corrected chi connectivity index (χ4v) is 3.38. The van der Waals surface area contributed by atoms with Crippen LogP contribution in [0.4, 0.5) is 5.82 Å². The molecule has 0 spiro atoms. The second kappa shape index (κ2) is 8.35. The molecule has 0 aliphatic heterocycles. The molecule has 30 heavy (non-hydrogen) atoms. The third-order valence-corrected chi connectivity index (χ3v) is 4.87. The first-order valence-electron chi connectivity index (χ1n) is 9.36. The summed E-state index contributed by atoms with van der Waals surface area (Å²) in [5, 5.41) is 7.87. The van der Waals surface area contributed by atoms with Gasteiger partial charge in [-0.15, -0.1) is 0 Å². The lowest BCUT2D eigenvalue weighted by molar-refractivity contribution is 0.102. The molecule has 0 aliphatic carbocycles. The van der Waals surface area contributed by atoms with Crippen LogP contribution in [0, 0.1) is 6.92 Å². The molecule has 0 atom stereocenters. The number of nitrogens with zero attached hydrogens (tertiary/aromatic N) is 2. The molecule has 1 aromatic heterocycles. The molecule has 0 saturated heterocycles. The van der Waals surface area contributed by atoms with E-state index in [9.17, 15) is 9.59 Å². The number of nitrogens with one attached hydrogen (secondary N) is 1. The Labute approximate surface area is 178 Å². The van der Waals surface area contributed by atoms with Crippen LogP contribution < -0.4 is 10.7 Å². The molecule has 1 amide bonds. The summed E-state index contributed by atoms with van der Waals surface area (Å²) in [6.45, 7) is 1.65. The first-order valence-corrected chi connectivity index (χ1v) is 9.74. The smallest absolute Gasteiger partial charge is 0.256 e. The van der Waals surface area contributed by atoms with E-state index in [1.54, 1.807) is 54.1 Å². The van der Waals surface area contributed by atoms with Gasteiger partial charge in [-0.3, -0.25) is 9.59 Å². The number of amides is 1. The third kappa shape index (κ3) is 3.88. The molecule has 0 unspecified atom stereocenters. The van der Waals surface area contributed by atoms with Crippen LogP contribution in [0.5, 0.6) is 0 Å². The quantitative estimate of drug-likeness (QED) is 0.503. The lowest BCUT2D eigenvalue weighted by atomic mass is 10.0. The van der Waals surface area contributed by atoms with Gasteiger partial charge in [0.25, 0.3) is 5.91 Å². The number of halogens is 1. The van der Waals surface area contributed by atoms with E-state index in [1.165, 1.54) is 0 Å². The molecule has 1 heterocycles. The Hall–Kier alpha value is -3.70. The zero-order chi connectivity index (χ0) is 21.1. The lowest BCUT2D eigenvalue weighted by Gasteiger charge is -2.18. The molecule has 0 aliphatic rings. The van der Waals surface area contributed by atoms with Crippen LogP contribution in [-0.2, 0) is 0 Å². The Bertz CT molecular complexity index is 1270. The molecule has 5 nitrogen and oxygen atoms in total. The number of carbonyl (C=O) groups is 1. The second-order valence-corrected chi connectivity index (χ2v) is 7.15. The van der Waals surface area contributed by atoms with Crippen molar-refractivity contribution in [3.63, 3.8) is 0 Å². The van der Waals surface area contributed by atoms with Gasteiger partial charge in [-0.25, -0.2) is 4.68 Å². The van der Waals surface area contributed by atoms with E-state index in [2.05, 4.69) is 10.4 Å². The van der Waals surface area contributed by atoms with Gasteiger partial charge in [-0.05, 0) is 42.8 Å². The van der Waals surface area contributed by atoms with E-state index in [0.717, 1.165) is 0 Å². The first kappa shape index (κ1) is 19.6. The van der Waals surface area contributed by atoms with Crippen molar-refractivity contribution in [3.8, 4) is 16.8 Å². The molecular formula is C24H18ClN3O2. The molecule has 0 fully saturated rings. The van der Waals surface area contributed by atoms with Crippen molar-refractivity contribution in [2.45, 2.75) is 6.92 Å². The average molecular weight is 416 g/mol. The molecule has 4 rings (SSSR count). The maximum Gasteiger partial charge on any atom is 0.256 e. The van der Waals surface area contributed by atoms with Crippen LogP contribution in [0.15, 0.2) is 89.7 Å². The van der Waals surface area contributed by atoms with Gasteiger partial charge in [0.1, 0.15) is 11.5 Å². The number of hydrogen-bond acceptors (Lipinski definition) is 3. The lowest BCUT2D eigenvalue weighted by Crippen LogP contribution is -2.24. The predicted molar refractivity (Wildman–Crippen MR) is 119 cm³/mol. The Morgan fingerprint density at radius 2 is 1.60 bits per heavy atom. The fourth-order valence-electron chi connectivity index (χ4n) is 3.19. The zero-order valence-electron chi connectivity index (χ0n) is 16.2. The van der Waals surface area contributed by atoms with Crippen molar-refractivity contribution in [1.29, 1.82) is 0 Å². The zero-order valence-corrected chi connectivity index (χ0v) is 16.9. The Kier molecular flexibility index (Phi) is 5.46. The summed E-state index contributed by atoms with van der Waals surface area (Å²) in [7, 11) is 0. The predicted octanol–water partition coefficient (Wildman–Crippen LogP) is 5.11. The van der Waals surface area contributed by atoms with Gasteiger partial charge in [0.15, 0.2) is 0 Å². The highest BCUT2D eigenvalue weighted by Gasteiger charge is 2.20. The van der Waals surface area contributed by atoms with Gasteiger partial charge in [-0.1, -0.05) is 66.2 Å². The van der Waals surface area contributed by atoms with E-state index < -0.39 is 0 Å². The fraction of sp³-hybridized carbons (Fsp3) is 0.0417. The van der Waals surface area contributed by atoms with E-state index in [0.29, 0.717) is 33.1 Å². The highest BCUT2D eigenvalue weighted by Crippen LogP contribution is 2.28.